The SMILES string of the molecule is CN1CC=C(c2csc(=S)[nH]2)C[C@H]1CO.CN1CC=C(c2csc(=S)[nH]2)C[C@H]1CO[Si](C)(C)C(C)(C)C. The number of aliphatic hydroxyl groups is 1. The highest BCUT2D eigenvalue weighted by Gasteiger charge is 2.38. The molecule has 0 amide bonds. The number of H-pyrrole nitrogens is 2. The second kappa shape index (κ2) is 13.1. The molecule has 0 unspecified atom stereocenters. The van der Waals surface area contributed by atoms with E-state index in [2.05, 4.69) is 78.2 Å². The molecule has 2 aliphatic heterocycles. The van der Waals surface area contributed by atoms with Crippen molar-refractivity contribution in [3.05, 3.63) is 42.2 Å². The van der Waals surface area contributed by atoms with Gasteiger partial charge >= 0.3 is 0 Å². The van der Waals surface area contributed by atoms with Gasteiger partial charge in [-0.1, -0.05) is 32.9 Å². The summed E-state index contributed by atoms with van der Waals surface area (Å²) < 4.78 is 8.10. The van der Waals surface area contributed by atoms with Crippen molar-refractivity contribution in [3.8, 4) is 0 Å². The van der Waals surface area contributed by atoms with Gasteiger partial charge in [0.05, 0.1) is 18.0 Å². The molecule has 2 aromatic rings. The summed E-state index contributed by atoms with van der Waals surface area (Å²) in [6.45, 7) is 14.4. The van der Waals surface area contributed by atoms with E-state index in [4.69, 9.17) is 28.9 Å². The number of likely N-dealkylation sites (N-methyl/N-ethyl adjacent to an activating group) is 2. The lowest BCUT2D eigenvalue weighted by Crippen LogP contribution is -2.46. The number of nitrogens with one attached hydrogen (secondary N) is 2. The standard InChI is InChI=1S/C16H28N2OS2Si.C10H14N2OS2/c1-16(2,3)22(5,6)19-10-13-9-12(7-8-18(13)4)14-11-21-15(20)17-14;1-12-3-2-7(4-8(12)5-13)9-6-15-10(14)11-9/h7,11,13H,8-10H2,1-6H3,(H,17,20);2,6,8,13H,3-5H2,1H3,(H,11,14)/t13-;8-/m00/s1. The van der Waals surface area contributed by atoms with Crippen molar-refractivity contribution in [2.75, 3.05) is 40.4 Å². The Morgan fingerprint density at radius 1 is 0.946 bits per heavy atom. The Morgan fingerprint density at radius 3 is 1.81 bits per heavy atom. The maximum Gasteiger partial charge on any atom is 0.192 e. The van der Waals surface area contributed by atoms with Crippen LogP contribution in [0.2, 0.25) is 18.1 Å². The minimum Gasteiger partial charge on any atom is -0.415 e. The number of rotatable bonds is 6. The molecule has 0 bridgehead atoms. The number of hydrogen-bond donors (Lipinski definition) is 3. The fraction of sp³-hybridized carbons (Fsp3) is 0.615. The fourth-order valence-corrected chi connectivity index (χ4v) is 6.78. The number of thiazole rings is 2. The largest absolute Gasteiger partial charge is 0.415 e. The van der Waals surface area contributed by atoms with E-state index in [9.17, 15) is 5.11 Å². The van der Waals surface area contributed by atoms with Crippen LogP contribution in [0.25, 0.3) is 11.1 Å². The van der Waals surface area contributed by atoms with E-state index in [1.165, 1.54) is 16.8 Å². The third-order valence-corrected chi connectivity index (χ3v) is 14.4. The number of aliphatic hydroxyl groups excluding tert-OH is 1. The van der Waals surface area contributed by atoms with Crippen molar-refractivity contribution in [3.63, 3.8) is 0 Å². The van der Waals surface area contributed by atoms with Gasteiger partial charge in [-0.25, -0.2) is 0 Å². The molecule has 11 heteroatoms. The van der Waals surface area contributed by atoms with Gasteiger partial charge in [0.1, 0.15) is 0 Å². The van der Waals surface area contributed by atoms with Gasteiger partial charge in [0, 0.05) is 42.5 Å². The van der Waals surface area contributed by atoms with Crippen LogP contribution in [0.15, 0.2) is 22.9 Å². The van der Waals surface area contributed by atoms with Crippen molar-refractivity contribution < 1.29 is 9.53 Å². The molecule has 0 fully saturated rings. The summed E-state index contributed by atoms with van der Waals surface area (Å²) in [5.41, 5.74) is 4.92. The molecule has 2 aromatic heterocycles. The Morgan fingerprint density at radius 2 is 1.41 bits per heavy atom. The normalized spacial score (nSPS) is 21.7. The van der Waals surface area contributed by atoms with Crippen LogP contribution in [0, 0.1) is 7.91 Å². The summed E-state index contributed by atoms with van der Waals surface area (Å²) in [6.07, 6.45) is 6.40. The smallest absolute Gasteiger partial charge is 0.192 e. The Hall–Kier alpha value is -0.763. The Kier molecular flexibility index (Phi) is 10.9. The highest BCUT2D eigenvalue weighted by atomic mass is 32.2. The van der Waals surface area contributed by atoms with E-state index in [0.717, 1.165) is 46.1 Å². The van der Waals surface area contributed by atoms with Crippen LogP contribution in [0.1, 0.15) is 45.0 Å². The predicted octanol–water partition coefficient (Wildman–Crippen LogP) is 6.80. The third kappa shape index (κ3) is 8.36. The molecule has 6 nitrogen and oxygen atoms in total. The van der Waals surface area contributed by atoms with E-state index in [1.54, 1.807) is 22.7 Å². The predicted molar refractivity (Wildman–Crippen MR) is 167 cm³/mol. The number of aromatic nitrogens is 2. The highest BCUT2D eigenvalue weighted by molar-refractivity contribution is 7.73. The highest BCUT2D eigenvalue weighted by Crippen LogP contribution is 2.37. The van der Waals surface area contributed by atoms with Crippen molar-refractivity contribution in [2.45, 2.75) is 63.8 Å². The summed E-state index contributed by atoms with van der Waals surface area (Å²) in [7, 11) is 2.53. The molecule has 37 heavy (non-hydrogen) atoms. The summed E-state index contributed by atoms with van der Waals surface area (Å²) in [6, 6.07) is 0.669. The lowest BCUT2D eigenvalue weighted by Gasteiger charge is -2.39. The molecule has 0 radical (unpaired) electrons. The Labute approximate surface area is 241 Å². The van der Waals surface area contributed by atoms with Gasteiger partial charge in [-0.3, -0.25) is 9.80 Å². The monoisotopic (exact) mass is 598 g/mol. The minimum atomic E-state index is -1.68. The average Bonchev–Trinajstić information content (AvgIpc) is 3.47. The van der Waals surface area contributed by atoms with E-state index < -0.39 is 8.32 Å². The van der Waals surface area contributed by atoms with Gasteiger partial charge in [0.2, 0.25) is 0 Å². The summed E-state index contributed by atoms with van der Waals surface area (Å²) in [5.74, 6) is 0. The Balaban J connectivity index is 0.000000220. The second-order valence-corrected chi connectivity index (χ2v) is 19.3. The first-order chi connectivity index (χ1) is 17.3. The van der Waals surface area contributed by atoms with Gasteiger partial charge in [0.25, 0.3) is 0 Å². The molecule has 3 N–H and O–H groups in total. The van der Waals surface area contributed by atoms with Gasteiger partial charge in [-0.05, 0) is 80.7 Å². The van der Waals surface area contributed by atoms with Gasteiger partial charge in [-0.2, -0.15) is 0 Å². The zero-order valence-electron chi connectivity index (χ0n) is 23.1. The first-order valence-corrected chi connectivity index (χ1v) is 18.2. The number of aromatic amines is 2. The molecule has 0 aliphatic carbocycles. The molecule has 2 atom stereocenters. The van der Waals surface area contributed by atoms with E-state index in [1.807, 2.05) is 12.4 Å². The van der Waals surface area contributed by atoms with Gasteiger partial charge in [-0.15, -0.1) is 22.7 Å². The summed E-state index contributed by atoms with van der Waals surface area (Å²) >= 11 is 13.4. The molecular formula is C26H42N4O2S4Si. The van der Waals surface area contributed by atoms with Crippen LogP contribution in [-0.2, 0) is 4.43 Å². The van der Waals surface area contributed by atoms with Crippen LogP contribution < -0.4 is 0 Å². The molecular weight excluding hydrogens is 557 g/mol. The quantitative estimate of drug-likeness (QED) is 0.251. The number of nitrogens with zero attached hydrogens (tertiary/aromatic N) is 2. The molecule has 206 valence electrons. The maximum atomic E-state index is 9.23. The molecule has 0 spiro atoms. The summed E-state index contributed by atoms with van der Waals surface area (Å²) in [4.78, 5) is 11.0. The van der Waals surface area contributed by atoms with Gasteiger partial charge < -0.3 is 19.5 Å². The van der Waals surface area contributed by atoms with E-state index in [0.29, 0.717) is 6.04 Å². The van der Waals surface area contributed by atoms with Crippen molar-refractivity contribution in [1.82, 2.24) is 19.8 Å². The second-order valence-electron chi connectivity index (χ2n) is 11.4. The minimum absolute atomic E-state index is 0.207. The van der Waals surface area contributed by atoms with Crippen molar-refractivity contribution in [1.29, 1.82) is 0 Å². The van der Waals surface area contributed by atoms with Gasteiger partial charge in [0.15, 0.2) is 16.2 Å². The molecule has 0 saturated carbocycles. The Bertz CT molecular complexity index is 1200. The molecule has 2 aliphatic rings. The molecule has 0 saturated heterocycles. The maximum absolute atomic E-state index is 9.23. The van der Waals surface area contributed by atoms with E-state index >= 15 is 0 Å². The zero-order chi connectivity index (χ0) is 27.4. The van der Waals surface area contributed by atoms with Crippen LogP contribution >= 0.6 is 47.1 Å². The van der Waals surface area contributed by atoms with Crippen LogP contribution in [0.5, 0.6) is 0 Å². The topological polar surface area (TPSA) is 67.5 Å². The third-order valence-electron chi connectivity index (χ3n) is 7.80. The van der Waals surface area contributed by atoms with Crippen LogP contribution in [-0.4, -0.2) is 85.7 Å². The van der Waals surface area contributed by atoms with Crippen molar-refractivity contribution in [2.24, 2.45) is 0 Å². The van der Waals surface area contributed by atoms with Crippen LogP contribution in [0.3, 0.4) is 0 Å². The van der Waals surface area contributed by atoms with Crippen LogP contribution in [0.4, 0.5) is 0 Å². The van der Waals surface area contributed by atoms with Crippen molar-refractivity contribution >= 4 is 66.6 Å². The zero-order valence-corrected chi connectivity index (χ0v) is 27.4. The molecule has 0 aromatic carbocycles. The van der Waals surface area contributed by atoms with E-state index in [-0.39, 0.29) is 17.7 Å². The summed E-state index contributed by atoms with van der Waals surface area (Å²) in [5, 5.41) is 13.7. The lowest BCUT2D eigenvalue weighted by molar-refractivity contribution is 0.155. The first-order valence-electron chi connectivity index (χ1n) is 12.7. The number of hydrogen-bond acceptors (Lipinski definition) is 8. The fourth-order valence-electron chi connectivity index (χ4n) is 4.02. The molecule has 4 heterocycles. The molecule has 4 rings (SSSR count). The first kappa shape index (κ1) is 30.8. The lowest BCUT2D eigenvalue weighted by atomic mass is 9.99. The average molecular weight is 599 g/mol.